The SMILES string of the molecule is CCN(CCNC(=NC)NCc1ccc(OC)c(NC(C)=O)c1)c1cccc(C)c1.I. The number of likely N-dealkylation sites (N-methyl/N-ethyl adjacent to an activating group) is 1. The number of ether oxygens (including phenoxy) is 1. The molecule has 0 spiro atoms. The van der Waals surface area contributed by atoms with Crippen molar-refractivity contribution in [2.45, 2.75) is 27.3 Å². The van der Waals surface area contributed by atoms with E-state index in [0.29, 0.717) is 18.0 Å². The first-order chi connectivity index (χ1) is 14.5. The Bertz CT molecular complexity index is 873. The zero-order valence-electron chi connectivity index (χ0n) is 19.0. The van der Waals surface area contributed by atoms with Crippen molar-refractivity contribution in [3.8, 4) is 5.75 Å². The Kier molecular flexibility index (Phi) is 11.8. The molecule has 0 bridgehead atoms. The quantitative estimate of drug-likeness (QED) is 0.257. The van der Waals surface area contributed by atoms with Crippen LogP contribution in [0.15, 0.2) is 47.5 Å². The fourth-order valence-corrected chi connectivity index (χ4v) is 3.16. The lowest BCUT2D eigenvalue weighted by atomic mass is 10.2. The Labute approximate surface area is 202 Å². The molecule has 2 aromatic rings. The molecule has 0 radical (unpaired) electrons. The standard InChI is InChI=1S/C23H33N5O2.HI/c1-6-28(20-9-7-8-17(2)14-20)13-12-25-23(24-4)26-16-19-10-11-22(30-5)21(15-19)27-18(3)29;/h7-11,14-15H,6,12-13,16H2,1-5H3,(H,27,29)(H2,24,25,26);1H. The van der Waals surface area contributed by atoms with Crippen molar-refractivity contribution in [3.63, 3.8) is 0 Å². The summed E-state index contributed by atoms with van der Waals surface area (Å²) in [4.78, 5) is 18.0. The van der Waals surface area contributed by atoms with Gasteiger partial charge in [0.2, 0.25) is 5.91 Å². The summed E-state index contributed by atoms with van der Waals surface area (Å²) >= 11 is 0. The number of benzene rings is 2. The molecule has 0 saturated heterocycles. The van der Waals surface area contributed by atoms with Gasteiger partial charge < -0.3 is 25.6 Å². The zero-order valence-corrected chi connectivity index (χ0v) is 21.3. The van der Waals surface area contributed by atoms with Gasteiger partial charge in [0.15, 0.2) is 5.96 Å². The second-order valence-corrected chi connectivity index (χ2v) is 6.99. The Hall–Kier alpha value is -2.49. The number of nitrogens with zero attached hydrogens (tertiary/aromatic N) is 2. The number of nitrogens with one attached hydrogen (secondary N) is 3. The molecule has 0 heterocycles. The van der Waals surface area contributed by atoms with Crippen LogP contribution >= 0.6 is 24.0 Å². The second kappa shape index (κ2) is 13.7. The van der Waals surface area contributed by atoms with Crippen LogP contribution in [0.3, 0.4) is 0 Å². The Morgan fingerprint density at radius 3 is 2.55 bits per heavy atom. The topological polar surface area (TPSA) is 78.0 Å². The van der Waals surface area contributed by atoms with Crippen molar-refractivity contribution in [2.75, 3.05) is 44.0 Å². The number of methoxy groups -OCH3 is 1. The van der Waals surface area contributed by atoms with E-state index in [1.165, 1.54) is 18.2 Å². The van der Waals surface area contributed by atoms with Crippen LogP contribution in [0.4, 0.5) is 11.4 Å². The minimum absolute atomic E-state index is 0. The van der Waals surface area contributed by atoms with Crippen LogP contribution in [0.2, 0.25) is 0 Å². The van der Waals surface area contributed by atoms with Gasteiger partial charge in [-0.3, -0.25) is 9.79 Å². The van der Waals surface area contributed by atoms with E-state index in [0.717, 1.165) is 31.2 Å². The Balaban J connectivity index is 0.00000480. The number of carbonyl (C=O) groups excluding carboxylic acids is 1. The lowest BCUT2D eigenvalue weighted by Gasteiger charge is -2.24. The van der Waals surface area contributed by atoms with Crippen molar-refractivity contribution >= 4 is 47.2 Å². The van der Waals surface area contributed by atoms with E-state index in [1.54, 1.807) is 14.2 Å². The van der Waals surface area contributed by atoms with Gasteiger partial charge >= 0.3 is 0 Å². The molecule has 0 atom stereocenters. The van der Waals surface area contributed by atoms with E-state index in [1.807, 2.05) is 18.2 Å². The van der Waals surface area contributed by atoms with Gasteiger partial charge in [-0.15, -0.1) is 24.0 Å². The number of guanidine groups is 1. The number of anilines is 2. The van der Waals surface area contributed by atoms with Crippen LogP contribution in [0.1, 0.15) is 25.0 Å². The third-order valence-corrected chi connectivity index (χ3v) is 4.68. The molecule has 0 aliphatic heterocycles. The van der Waals surface area contributed by atoms with Crippen molar-refractivity contribution in [1.82, 2.24) is 10.6 Å². The molecule has 1 amide bonds. The number of hydrogen-bond acceptors (Lipinski definition) is 4. The summed E-state index contributed by atoms with van der Waals surface area (Å²) in [5.41, 5.74) is 4.15. The molecule has 0 aliphatic carbocycles. The average Bonchev–Trinajstić information content (AvgIpc) is 2.73. The third-order valence-electron chi connectivity index (χ3n) is 4.68. The molecular weight excluding hydrogens is 505 g/mol. The largest absolute Gasteiger partial charge is 0.495 e. The number of aryl methyl sites for hydroxylation is 1. The summed E-state index contributed by atoms with van der Waals surface area (Å²) in [5.74, 6) is 1.23. The smallest absolute Gasteiger partial charge is 0.221 e. The zero-order chi connectivity index (χ0) is 21.9. The minimum atomic E-state index is -0.134. The molecule has 7 nitrogen and oxygen atoms in total. The van der Waals surface area contributed by atoms with E-state index in [9.17, 15) is 4.79 Å². The molecule has 8 heteroatoms. The highest BCUT2D eigenvalue weighted by Gasteiger charge is 2.08. The fraction of sp³-hybridized carbons (Fsp3) is 0.391. The number of carbonyl (C=O) groups is 1. The first-order valence-corrected chi connectivity index (χ1v) is 10.2. The van der Waals surface area contributed by atoms with Crippen LogP contribution in [0.25, 0.3) is 0 Å². The number of aliphatic imine (C=N–C) groups is 1. The van der Waals surface area contributed by atoms with E-state index >= 15 is 0 Å². The van der Waals surface area contributed by atoms with E-state index < -0.39 is 0 Å². The molecule has 2 rings (SSSR count). The maximum Gasteiger partial charge on any atom is 0.221 e. The number of halogens is 1. The summed E-state index contributed by atoms with van der Waals surface area (Å²) in [7, 11) is 3.34. The summed E-state index contributed by atoms with van der Waals surface area (Å²) in [6, 6.07) is 14.2. The summed E-state index contributed by atoms with van der Waals surface area (Å²) in [6.45, 7) is 8.90. The van der Waals surface area contributed by atoms with Crippen LogP contribution in [0, 0.1) is 6.92 Å². The maximum atomic E-state index is 11.4. The van der Waals surface area contributed by atoms with Gasteiger partial charge in [0, 0.05) is 45.8 Å². The first-order valence-electron chi connectivity index (χ1n) is 10.2. The minimum Gasteiger partial charge on any atom is -0.495 e. The fourth-order valence-electron chi connectivity index (χ4n) is 3.16. The molecule has 0 saturated carbocycles. The molecule has 31 heavy (non-hydrogen) atoms. The molecule has 2 aromatic carbocycles. The molecular formula is C23H34IN5O2. The lowest BCUT2D eigenvalue weighted by molar-refractivity contribution is -0.114. The van der Waals surface area contributed by atoms with Crippen LogP contribution in [-0.2, 0) is 11.3 Å². The summed E-state index contributed by atoms with van der Waals surface area (Å²) in [5, 5.41) is 9.47. The van der Waals surface area contributed by atoms with E-state index in [2.05, 4.69) is 64.0 Å². The summed E-state index contributed by atoms with van der Waals surface area (Å²) in [6.07, 6.45) is 0. The highest BCUT2D eigenvalue weighted by Crippen LogP contribution is 2.25. The molecule has 0 aromatic heterocycles. The molecule has 0 unspecified atom stereocenters. The van der Waals surface area contributed by atoms with Gasteiger partial charge in [-0.1, -0.05) is 18.2 Å². The highest BCUT2D eigenvalue weighted by molar-refractivity contribution is 14.0. The molecule has 3 N–H and O–H groups in total. The maximum absolute atomic E-state index is 11.4. The van der Waals surface area contributed by atoms with Crippen molar-refractivity contribution in [2.24, 2.45) is 4.99 Å². The van der Waals surface area contributed by atoms with Gasteiger partial charge in [0.05, 0.1) is 12.8 Å². The van der Waals surface area contributed by atoms with Gasteiger partial charge in [-0.25, -0.2) is 0 Å². The van der Waals surface area contributed by atoms with Crippen molar-refractivity contribution in [3.05, 3.63) is 53.6 Å². The normalized spacial score (nSPS) is 10.7. The number of amides is 1. The monoisotopic (exact) mass is 539 g/mol. The third kappa shape index (κ3) is 8.64. The van der Waals surface area contributed by atoms with Gasteiger partial charge in [-0.2, -0.15) is 0 Å². The molecule has 170 valence electrons. The Morgan fingerprint density at radius 1 is 1.16 bits per heavy atom. The predicted molar refractivity (Wildman–Crippen MR) is 140 cm³/mol. The van der Waals surface area contributed by atoms with Crippen molar-refractivity contribution in [1.29, 1.82) is 0 Å². The number of hydrogen-bond donors (Lipinski definition) is 3. The van der Waals surface area contributed by atoms with Crippen LogP contribution < -0.4 is 25.6 Å². The van der Waals surface area contributed by atoms with Gasteiger partial charge in [0.25, 0.3) is 0 Å². The van der Waals surface area contributed by atoms with E-state index in [4.69, 9.17) is 4.74 Å². The Morgan fingerprint density at radius 2 is 1.94 bits per heavy atom. The van der Waals surface area contributed by atoms with Crippen molar-refractivity contribution < 1.29 is 9.53 Å². The highest BCUT2D eigenvalue weighted by atomic mass is 127. The van der Waals surface area contributed by atoms with E-state index in [-0.39, 0.29) is 29.9 Å². The van der Waals surface area contributed by atoms with Gasteiger partial charge in [-0.05, 0) is 49.2 Å². The first kappa shape index (κ1) is 26.5. The predicted octanol–water partition coefficient (Wildman–Crippen LogP) is 3.77. The van der Waals surface area contributed by atoms with Crippen LogP contribution in [0.5, 0.6) is 5.75 Å². The second-order valence-electron chi connectivity index (χ2n) is 6.99. The summed E-state index contributed by atoms with van der Waals surface area (Å²) < 4.78 is 5.30. The average molecular weight is 539 g/mol. The molecule has 0 fully saturated rings. The lowest BCUT2D eigenvalue weighted by Crippen LogP contribution is -2.41. The number of rotatable bonds is 9. The van der Waals surface area contributed by atoms with Gasteiger partial charge in [0.1, 0.15) is 5.75 Å². The van der Waals surface area contributed by atoms with Crippen LogP contribution in [-0.4, -0.2) is 45.7 Å². The molecule has 0 aliphatic rings.